The Morgan fingerprint density at radius 1 is 1.31 bits per heavy atom. The van der Waals surface area contributed by atoms with E-state index >= 15 is 0 Å². The summed E-state index contributed by atoms with van der Waals surface area (Å²) < 4.78 is 4.91. The van der Waals surface area contributed by atoms with Crippen LogP contribution in [0.1, 0.15) is 39.5 Å². The van der Waals surface area contributed by atoms with Crippen LogP contribution in [0.15, 0.2) is 0 Å². The van der Waals surface area contributed by atoms with Gasteiger partial charge in [0.2, 0.25) is 0 Å². The molecule has 0 fully saturated rings. The van der Waals surface area contributed by atoms with Gasteiger partial charge in [0.05, 0.1) is 6.61 Å². The minimum Gasteiger partial charge on any atom is -0.465 e. The summed E-state index contributed by atoms with van der Waals surface area (Å²) in [5, 5.41) is 0.305. The fourth-order valence-electron chi connectivity index (χ4n) is 1.06. The highest BCUT2D eigenvalue weighted by molar-refractivity contribution is 9.09. The summed E-state index contributed by atoms with van der Waals surface area (Å²) in [5.41, 5.74) is 0. The van der Waals surface area contributed by atoms with E-state index in [0.717, 1.165) is 18.8 Å². The predicted molar refractivity (Wildman–Crippen MR) is 58.1 cm³/mol. The van der Waals surface area contributed by atoms with Crippen molar-refractivity contribution >= 4 is 21.9 Å². The lowest BCUT2D eigenvalue weighted by Crippen LogP contribution is -2.06. The Labute approximate surface area is 89.2 Å². The Kier molecular flexibility index (Phi) is 8.51. The van der Waals surface area contributed by atoms with Crippen LogP contribution in [0, 0.1) is 5.92 Å². The van der Waals surface area contributed by atoms with Crippen molar-refractivity contribution in [2.75, 3.05) is 11.9 Å². The molecule has 2 nitrogen and oxygen atoms in total. The van der Waals surface area contributed by atoms with Crippen LogP contribution in [0.3, 0.4) is 0 Å². The van der Waals surface area contributed by atoms with Crippen molar-refractivity contribution in [2.45, 2.75) is 39.5 Å². The molecular formula is C10H19BrO2. The van der Waals surface area contributed by atoms with Crippen molar-refractivity contribution in [3.63, 3.8) is 0 Å². The molecule has 0 rings (SSSR count). The standard InChI is InChI=1S/C10H19BrO2/c1-9(2)6-4-3-5-7-13-10(12)8-11/h9H,3-8H2,1-2H3. The molecule has 0 spiro atoms. The average Bonchev–Trinajstić information content (AvgIpc) is 2.10. The third-order valence-corrected chi connectivity index (χ3v) is 2.26. The molecule has 3 heteroatoms. The quantitative estimate of drug-likeness (QED) is 0.394. The number of hydrogen-bond acceptors (Lipinski definition) is 2. The molecule has 0 aliphatic carbocycles. The largest absolute Gasteiger partial charge is 0.465 e. The average molecular weight is 251 g/mol. The minimum absolute atomic E-state index is 0.163. The second-order valence-electron chi connectivity index (χ2n) is 3.60. The number of esters is 1. The van der Waals surface area contributed by atoms with E-state index < -0.39 is 0 Å². The summed E-state index contributed by atoms with van der Waals surface area (Å²) >= 11 is 3.04. The third-order valence-electron chi connectivity index (χ3n) is 1.80. The molecule has 0 saturated carbocycles. The summed E-state index contributed by atoms with van der Waals surface area (Å²) in [6, 6.07) is 0. The molecule has 0 N–H and O–H groups in total. The SMILES string of the molecule is CC(C)CCCCCOC(=O)CBr. The van der Waals surface area contributed by atoms with Gasteiger partial charge < -0.3 is 4.74 Å². The number of unbranched alkanes of at least 4 members (excludes halogenated alkanes) is 2. The van der Waals surface area contributed by atoms with Gasteiger partial charge in [-0.1, -0.05) is 49.0 Å². The van der Waals surface area contributed by atoms with Crippen LogP contribution >= 0.6 is 15.9 Å². The Balaban J connectivity index is 3.04. The van der Waals surface area contributed by atoms with E-state index in [1.165, 1.54) is 12.8 Å². The van der Waals surface area contributed by atoms with Gasteiger partial charge >= 0.3 is 5.97 Å². The number of hydrogen-bond donors (Lipinski definition) is 0. The van der Waals surface area contributed by atoms with E-state index in [1.54, 1.807) is 0 Å². The molecule has 0 amide bonds. The van der Waals surface area contributed by atoms with Gasteiger partial charge in [0.1, 0.15) is 5.33 Å². The fourth-order valence-corrected chi connectivity index (χ4v) is 1.22. The van der Waals surface area contributed by atoms with Crippen LogP contribution in [0.4, 0.5) is 0 Å². The fraction of sp³-hybridized carbons (Fsp3) is 0.900. The smallest absolute Gasteiger partial charge is 0.316 e. The van der Waals surface area contributed by atoms with Gasteiger partial charge in [0.25, 0.3) is 0 Å². The number of carbonyl (C=O) groups is 1. The van der Waals surface area contributed by atoms with Crippen LogP contribution in [-0.2, 0) is 9.53 Å². The first-order valence-electron chi connectivity index (χ1n) is 4.88. The van der Waals surface area contributed by atoms with Gasteiger partial charge in [0, 0.05) is 0 Å². The molecule has 0 aliphatic heterocycles. The van der Waals surface area contributed by atoms with Gasteiger partial charge in [-0.2, -0.15) is 0 Å². The zero-order valence-electron chi connectivity index (χ0n) is 8.51. The van der Waals surface area contributed by atoms with Crippen molar-refractivity contribution in [1.29, 1.82) is 0 Å². The van der Waals surface area contributed by atoms with Gasteiger partial charge in [0.15, 0.2) is 0 Å². The summed E-state index contributed by atoms with van der Waals surface area (Å²) in [6.07, 6.45) is 4.66. The van der Waals surface area contributed by atoms with Crippen LogP contribution < -0.4 is 0 Å². The number of rotatable bonds is 7. The number of carbonyl (C=O) groups excluding carboxylic acids is 1. The molecule has 0 atom stereocenters. The van der Waals surface area contributed by atoms with Crippen LogP contribution in [0.25, 0.3) is 0 Å². The zero-order valence-corrected chi connectivity index (χ0v) is 10.1. The van der Waals surface area contributed by atoms with Crippen LogP contribution in [-0.4, -0.2) is 17.9 Å². The van der Waals surface area contributed by atoms with E-state index in [0.29, 0.717) is 11.9 Å². The molecule has 78 valence electrons. The maximum atomic E-state index is 10.7. The minimum atomic E-state index is -0.163. The highest BCUT2D eigenvalue weighted by Gasteiger charge is 1.98. The normalized spacial score (nSPS) is 10.5. The van der Waals surface area contributed by atoms with E-state index in [9.17, 15) is 4.79 Å². The Bertz CT molecular complexity index is 135. The Hall–Kier alpha value is -0.0500. The van der Waals surface area contributed by atoms with Crippen molar-refractivity contribution in [3.8, 4) is 0 Å². The van der Waals surface area contributed by atoms with Crippen molar-refractivity contribution in [1.82, 2.24) is 0 Å². The summed E-state index contributed by atoms with van der Waals surface area (Å²) in [5.74, 6) is 0.619. The molecular weight excluding hydrogens is 232 g/mol. The maximum absolute atomic E-state index is 10.7. The summed E-state index contributed by atoms with van der Waals surface area (Å²) in [7, 11) is 0. The summed E-state index contributed by atoms with van der Waals surface area (Å²) in [4.78, 5) is 10.7. The number of ether oxygens (including phenoxy) is 1. The van der Waals surface area contributed by atoms with Gasteiger partial charge in [-0.25, -0.2) is 0 Å². The number of halogens is 1. The van der Waals surface area contributed by atoms with Crippen molar-refractivity contribution < 1.29 is 9.53 Å². The third kappa shape index (κ3) is 9.87. The van der Waals surface area contributed by atoms with E-state index in [1.807, 2.05) is 0 Å². The molecule has 0 radical (unpaired) electrons. The first-order chi connectivity index (χ1) is 6.16. The van der Waals surface area contributed by atoms with Crippen LogP contribution in [0.2, 0.25) is 0 Å². The topological polar surface area (TPSA) is 26.3 Å². The first kappa shape index (κ1) is 12.9. The molecule has 0 aliphatic rings. The molecule has 0 aromatic carbocycles. The maximum Gasteiger partial charge on any atom is 0.316 e. The second-order valence-corrected chi connectivity index (χ2v) is 4.16. The number of alkyl halides is 1. The van der Waals surface area contributed by atoms with Crippen molar-refractivity contribution in [3.05, 3.63) is 0 Å². The highest BCUT2D eigenvalue weighted by atomic mass is 79.9. The van der Waals surface area contributed by atoms with Crippen molar-refractivity contribution in [2.24, 2.45) is 5.92 Å². The lowest BCUT2D eigenvalue weighted by molar-refractivity contribution is -0.140. The van der Waals surface area contributed by atoms with Crippen LogP contribution in [0.5, 0.6) is 0 Å². The van der Waals surface area contributed by atoms with Gasteiger partial charge in [-0.15, -0.1) is 0 Å². The molecule has 0 saturated heterocycles. The van der Waals surface area contributed by atoms with Gasteiger partial charge in [-0.3, -0.25) is 4.79 Å². The Morgan fingerprint density at radius 2 is 2.00 bits per heavy atom. The molecule has 0 bridgehead atoms. The van der Waals surface area contributed by atoms with Gasteiger partial charge in [-0.05, 0) is 12.3 Å². The molecule has 0 aromatic rings. The molecule has 0 aromatic heterocycles. The monoisotopic (exact) mass is 250 g/mol. The predicted octanol–water partition coefficient (Wildman–Crippen LogP) is 3.14. The zero-order chi connectivity index (χ0) is 10.1. The van der Waals surface area contributed by atoms with E-state index in [4.69, 9.17) is 4.74 Å². The lowest BCUT2D eigenvalue weighted by Gasteiger charge is -2.04. The van der Waals surface area contributed by atoms with E-state index in [-0.39, 0.29) is 5.97 Å². The lowest BCUT2D eigenvalue weighted by atomic mass is 10.1. The summed E-state index contributed by atoms with van der Waals surface area (Å²) in [6.45, 7) is 5.03. The molecule has 0 heterocycles. The molecule has 13 heavy (non-hydrogen) atoms. The second kappa shape index (κ2) is 8.54. The Morgan fingerprint density at radius 3 is 2.54 bits per heavy atom. The van der Waals surface area contributed by atoms with E-state index in [2.05, 4.69) is 29.8 Å². The molecule has 0 unspecified atom stereocenters. The highest BCUT2D eigenvalue weighted by Crippen LogP contribution is 2.07. The first-order valence-corrected chi connectivity index (χ1v) is 6.00.